The van der Waals surface area contributed by atoms with E-state index in [0.717, 1.165) is 5.52 Å². The van der Waals surface area contributed by atoms with Crippen LogP contribution in [0.3, 0.4) is 0 Å². The first-order valence-electron chi connectivity index (χ1n) is 9.12. The number of imidazole rings is 1. The van der Waals surface area contributed by atoms with Gasteiger partial charge in [0.25, 0.3) is 0 Å². The zero-order valence-electron chi connectivity index (χ0n) is 16.5. The van der Waals surface area contributed by atoms with Crippen LogP contribution in [0, 0.1) is 13.8 Å². The van der Waals surface area contributed by atoms with Crippen LogP contribution in [-0.2, 0) is 11.3 Å². The molecular formula is C19H20N6O4. The minimum atomic E-state index is -0.385. The van der Waals surface area contributed by atoms with E-state index in [1.54, 1.807) is 30.5 Å². The summed E-state index contributed by atoms with van der Waals surface area (Å²) in [6.07, 6.45) is 0. The quantitative estimate of drug-likeness (QED) is 0.550. The van der Waals surface area contributed by atoms with Gasteiger partial charge in [0.2, 0.25) is 17.6 Å². The Kier molecular flexibility index (Phi) is 4.53. The van der Waals surface area contributed by atoms with Gasteiger partial charge >= 0.3 is 5.69 Å². The molecule has 0 aliphatic rings. The molecule has 0 aliphatic carbocycles. The van der Waals surface area contributed by atoms with E-state index in [1.807, 2.05) is 26.0 Å². The Balaban J connectivity index is 1.77. The van der Waals surface area contributed by atoms with Crippen LogP contribution in [-0.4, -0.2) is 30.3 Å². The van der Waals surface area contributed by atoms with Crippen molar-refractivity contribution in [1.29, 1.82) is 0 Å². The molecule has 0 bridgehead atoms. The van der Waals surface area contributed by atoms with Gasteiger partial charge < -0.3 is 14.4 Å². The fourth-order valence-corrected chi connectivity index (χ4v) is 3.24. The van der Waals surface area contributed by atoms with E-state index >= 15 is 0 Å². The molecule has 10 heteroatoms. The highest BCUT2D eigenvalue weighted by atomic mass is 16.5. The van der Waals surface area contributed by atoms with E-state index in [1.165, 1.54) is 4.57 Å². The maximum atomic E-state index is 13.0. The van der Waals surface area contributed by atoms with Crippen LogP contribution in [0.1, 0.15) is 31.5 Å². The van der Waals surface area contributed by atoms with Crippen LogP contribution in [0.2, 0.25) is 0 Å². The molecule has 0 fully saturated rings. The first kappa shape index (κ1) is 18.7. The minimum Gasteiger partial charge on any atom is -0.360 e. The molecule has 0 saturated heterocycles. The van der Waals surface area contributed by atoms with Crippen molar-refractivity contribution in [3.05, 3.63) is 46.4 Å². The Morgan fingerprint density at radius 1 is 1.14 bits per heavy atom. The van der Waals surface area contributed by atoms with Crippen molar-refractivity contribution >= 4 is 22.8 Å². The lowest BCUT2D eigenvalue weighted by Crippen LogP contribution is -2.30. The van der Waals surface area contributed by atoms with Gasteiger partial charge in [-0.1, -0.05) is 10.3 Å². The van der Waals surface area contributed by atoms with E-state index in [9.17, 15) is 9.59 Å². The van der Waals surface area contributed by atoms with Crippen LogP contribution >= 0.6 is 0 Å². The second-order valence-corrected chi connectivity index (χ2v) is 7.04. The number of carbonyl (C=O) groups is 1. The average molecular weight is 396 g/mol. The molecule has 4 rings (SSSR count). The van der Waals surface area contributed by atoms with Gasteiger partial charge in [-0.3, -0.25) is 13.9 Å². The molecule has 29 heavy (non-hydrogen) atoms. The molecule has 150 valence electrons. The van der Waals surface area contributed by atoms with E-state index in [2.05, 4.69) is 20.6 Å². The van der Waals surface area contributed by atoms with Gasteiger partial charge in [0.05, 0.1) is 11.0 Å². The second kappa shape index (κ2) is 7.04. The number of nitrogens with one attached hydrogen (secondary N) is 1. The molecule has 3 heterocycles. The predicted molar refractivity (Wildman–Crippen MR) is 104 cm³/mol. The monoisotopic (exact) mass is 396 g/mol. The summed E-state index contributed by atoms with van der Waals surface area (Å²) in [5, 5.41) is 10.3. The van der Waals surface area contributed by atoms with E-state index < -0.39 is 0 Å². The number of rotatable bonds is 5. The van der Waals surface area contributed by atoms with Crippen LogP contribution in [0.15, 0.2) is 38.1 Å². The summed E-state index contributed by atoms with van der Waals surface area (Å²) in [5.41, 5.74) is 1.74. The molecule has 1 amide bonds. The molecule has 1 aromatic carbocycles. The van der Waals surface area contributed by atoms with Gasteiger partial charge in [-0.25, -0.2) is 4.79 Å². The summed E-state index contributed by atoms with van der Waals surface area (Å²) < 4.78 is 13.1. The summed E-state index contributed by atoms with van der Waals surface area (Å²) in [5.74, 6) is 1.36. The SMILES string of the molecule is Cc1cc(NC(=O)Cn2c(=O)n(C(C)C)c3ccc(-c4noc(C)n4)cc32)no1. The third-order valence-electron chi connectivity index (χ3n) is 4.46. The first-order chi connectivity index (χ1) is 13.8. The number of aromatic nitrogens is 5. The van der Waals surface area contributed by atoms with Gasteiger partial charge in [0, 0.05) is 24.6 Å². The molecule has 0 spiro atoms. The Labute approximate surface area is 165 Å². The van der Waals surface area contributed by atoms with Gasteiger partial charge in [0.15, 0.2) is 5.82 Å². The van der Waals surface area contributed by atoms with Crippen molar-refractivity contribution in [2.24, 2.45) is 0 Å². The number of benzene rings is 1. The molecular weight excluding hydrogens is 376 g/mol. The lowest BCUT2D eigenvalue weighted by molar-refractivity contribution is -0.116. The number of nitrogens with zero attached hydrogens (tertiary/aromatic N) is 5. The highest BCUT2D eigenvalue weighted by Gasteiger charge is 2.19. The maximum absolute atomic E-state index is 13.0. The average Bonchev–Trinajstić information content (AvgIpc) is 3.34. The van der Waals surface area contributed by atoms with Gasteiger partial charge in [-0.05, 0) is 39.0 Å². The summed E-state index contributed by atoms with van der Waals surface area (Å²) >= 11 is 0. The van der Waals surface area contributed by atoms with Gasteiger partial charge in [0.1, 0.15) is 12.3 Å². The number of hydrogen-bond acceptors (Lipinski definition) is 7. The third-order valence-corrected chi connectivity index (χ3v) is 4.46. The van der Waals surface area contributed by atoms with Crippen molar-refractivity contribution in [2.75, 3.05) is 5.32 Å². The Morgan fingerprint density at radius 3 is 2.55 bits per heavy atom. The fraction of sp³-hybridized carbons (Fsp3) is 0.316. The summed E-state index contributed by atoms with van der Waals surface area (Å²) in [6.45, 7) is 7.09. The number of hydrogen-bond donors (Lipinski definition) is 1. The molecule has 0 radical (unpaired) electrons. The van der Waals surface area contributed by atoms with E-state index in [-0.39, 0.29) is 24.2 Å². The standard InChI is InChI=1S/C19H20N6O4/c1-10(2)25-14-6-5-13(18-20-12(4)29-23-18)8-15(14)24(19(25)27)9-17(26)21-16-7-11(3)28-22-16/h5-8,10H,9H2,1-4H3,(H,21,22,26). The van der Waals surface area contributed by atoms with Crippen LogP contribution < -0.4 is 11.0 Å². The van der Waals surface area contributed by atoms with E-state index in [4.69, 9.17) is 9.05 Å². The summed E-state index contributed by atoms with van der Waals surface area (Å²) in [7, 11) is 0. The third kappa shape index (κ3) is 3.44. The number of fused-ring (bicyclic) bond motifs is 1. The Hall–Kier alpha value is -3.69. The Morgan fingerprint density at radius 2 is 1.93 bits per heavy atom. The minimum absolute atomic E-state index is 0.0780. The van der Waals surface area contributed by atoms with Crippen molar-refractivity contribution in [1.82, 2.24) is 24.4 Å². The predicted octanol–water partition coefficient (Wildman–Crippen LogP) is 2.68. The second-order valence-electron chi connectivity index (χ2n) is 7.04. The van der Waals surface area contributed by atoms with Crippen molar-refractivity contribution in [3.8, 4) is 11.4 Å². The summed E-state index contributed by atoms with van der Waals surface area (Å²) in [4.78, 5) is 29.8. The van der Waals surface area contributed by atoms with Crippen molar-refractivity contribution < 1.29 is 13.8 Å². The molecule has 10 nitrogen and oxygen atoms in total. The number of anilines is 1. The molecule has 0 aliphatic heterocycles. The lowest BCUT2D eigenvalue weighted by atomic mass is 10.2. The first-order valence-corrected chi connectivity index (χ1v) is 9.12. The Bertz CT molecular complexity index is 1260. The largest absolute Gasteiger partial charge is 0.360 e. The highest BCUT2D eigenvalue weighted by Crippen LogP contribution is 2.24. The maximum Gasteiger partial charge on any atom is 0.329 e. The summed E-state index contributed by atoms with van der Waals surface area (Å²) in [6, 6.07) is 6.97. The molecule has 0 saturated carbocycles. The molecule has 0 unspecified atom stereocenters. The number of aryl methyl sites for hydroxylation is 2. The number of amides is 1. The molecule has 4 aromatic rings. The van der Waals surface area contributed by atoms with Crippen LogP contribution in [0.25, 0.3) is 22.4 Å². The zero-order valence-corrected chi connectivity index (χ0v) is 16.5. The molecule has 0 atom stereocenters. The van der Waals surface area contributed by atoms with Crippen molar-refractivity contribution in [2.45, 2.75) is 40.3 Å². The topological polar surface area (TPSA) is 121 Å². The normalized spacial score (nSPS) is 11.5. The van der Waals surface area contributed by atoms with E-state index in [0.29, 0.717) is 34.4 Å². The smallest absolute Gasteiger partial charge is 0.329 e. The number of carbonyl (C=O) groups excluding carboxylic acids is 1. The molecule has 1 N–H and O–H groups in total. The molecule has 3 aromatic heterocycles. The lowest BCUT2D eigenvalue weighted by Gasteiger charge is -2.06. The van der Waals surface area contributed by atoms with Crippen molar-refractivity contribution in [3.63, 3.8) is 0 Å². The zero-order chi connectivity index (χ0) is 20.7. The fourth-order valence-electron chi connectivity index (χ4n) is 3.24. The van der Waals surface area contributed by atoms with Crippen LogP contribution in [0.4, 0.5) is 5.82 Å². The van der Waals surface area contributed by atoms with Crippen LogP contribution in [0.5, 0.6) is 0 Å². The van der Waals surface area contributed by atoms with Gasteiger partial charge in [-0.15, -0.1) is 0 Å². The van der Waals surface area contributed by atoms with Gasteiger partial charge in [-0.2, -0.15) is 4.98 Å². The highest BCUT2D eigenvalue weighted by molar-refractivity contribution is 5.91.